The highest BCUT2D eigenvalue weighted by atomic mass is 16.3. The molecule has 11 nitrogen and oxygen atoms in total. The van der Waals surface area contributed by atoms with E-state index < -0.39 is 64.1 Å². The van der Waals surface area contributed by atoms with E-state index in [0.717, 1.165) is 5.56 Å². The molecule has 0 bridgehead atoms. The second-order valence-corrected chi connectivity index (χ2v) is 10.0. The normalized spacial score (nSPS) is 28.7. The molecule has 5 atom stereocenters. The first-order valence-corrected chi connectivity index (χ1v) is 11.7. The maximum absolute atomic E-state index is 13.8. The fourth-order valence-electron chi connectivity index (χ4n) is 5.89. The Labute approximate surface area is 207 Å². The molecule has 194 valence electrons. The third kappa shape index (κ3) is 3.70. The van der Waals surface area contributed by atoms with Crippen LogP contribution in [0.25, 0.3) is 5.76 Å². The predicted octanol–water partition coefficient (Wildman–Crippen LogP) is -0.566. The molecule has 0 heterocycles. The highest BCUT2D eigenvalue weighted by Gasteiger charge is 2.64. The van der Waals surface area contributed by atoms with Crippen molar-refractivity contribution in [2.45, 2.75) is 44.1 Å². The summed E-state index contributed by atoms with van der Waals surface area (Å²) in [5.41, 5.74) is 3.01. The quantitative estimate of drug-likeness (QED) is 0.248. The van der Waals surface area contributed by atoms with Crippen LogP contribution in [0, 0.1) is 11.8 Å². The molecule has 0 radical (unpaired) electrons. The van der Waals surface area contributed by atoms with Crippen LogP contribution in [0.3, 0.4) is 0 Å². The standard InChI is InChI=1S/C25H31N3O8/c1-10(29)8-27-9-11-4-5-15(30)17-13(11)6-12-7-14-19(28(2)3)21(32)18(24(26)35)23(34)25(14,36)22(33)16(12)20(17)31/h4-5,10,12,14,19,27,29-31,34,36H,6-9H2,1-3H3,(H2,26,35)/t10?,12-,14-,19+,25-/m0/s1. The number of aliphatic hydroxyl groups excluding tert-OH is 3. The van der Waals surface area contributed by atoms with Gasteiger partial charge in [-0.05, 0) is 57.0 Å². The van der Waals surface area contributed by atoms with Crippen LogP contribution in [0.5, 0.6) is 5.75 Å². The zero-order valence-electron chi connectivity index (χ0n) is 20.3. The van der Waals surface area contributed by atoms with Gasteiger partial charge in [0.2, 0.25) is 5.78 Å². The van der Waals surface area contributed by atoms with E-state index in [-0.39, 0.29) is 29.7 Å². The maximum Gasteiger partial charge on any atom is 0.255 e. The van der Waals surface area contributed by atoms with Gasteiger partial charge in [-0.3, -0.25) is 19.3 Å². The summed E-state index contributed by atoms with van der Waals surface area (Å²) in [4.78, 5) is 40.4. The van der Waals surface area contributed by atoms with Crippen molar-refractivity contribution in [3.8, 4) is 5.75 Å². The molecule has 1 amide bonds. The molecule has 1 fully saturated rings. The number of nitrogens with zero attached hydrogens (tertiary/aromatic N) is 1. The zero-order chi connectivity index (χ0) is 26.7. The van der Waals surface area contributed by atoms with Crippen LogP contribution in [0.1, 0.15) is 30.0 Å². The lowest BCUT2D eigenvalue weighted by atomic mass is 9.57. The summed E-state index contributed by atoms with van der Waals surface area (Å²) >= 11 is 0. The fraction of sp³-hybridized carbons (Fsp3) is 0.480. The van der Waals surface area contributed by atoms with Crippen molar-refractivity contribution in [3.05, 3.63) is 45.7 Å². The number of rotatable bonds is 6. The van der Waals surface area contributed by atoms with Gasteiger partial charge in [0.05, 0.1) is 17.7 Å². The fourth-order valence-corrected chi connectivity index (χ4v) is 5.89. The van der Waals surface area contributed by atoms with E-state index in [1.165, 1.54) is 11.0 Å². The molecular formula is C25H31N3O8. The Morgan fingerprint density at radius 2 is 1.92 bits per heavy atom. The van der Waals surface area contributed by atoms with Gasteiger partial charge in [0, 0.05) is 24.6 Å². The number of carbonyl (C=O) groups excluding carboxylic acids is 3. The van der Waals surface area contributed by atoms with Crippen LogP contribution in [-0.2, 0) is 27.3 Å². The number of fused-ring (bicyclic) bond motifs is 3. The number of hydrogen-bond acceptors (Lipinski definition) is 10. The van der Waals surface area contributed by atoms with Gasteiger partial charge in [-0.1, -0.05) is 6.07 Å². The smallest absolute Gasteiger partial charge is 0.255 e. The summed E-state index contributed by atoms with van der Waals surface area (Å²) in [7, 11) is 3.11. The van der Waals surface area contributed by atoms with E-state index in [2.05, 4.69) is 5.32 Å². The summed E-state index contributed by atoms with van der Waals surface area (Å²) in [6.07, 6.45) is -0.333. The third-order valence-electron chi connectivity index (χ3n) is 7.46. The number of phenols is 1. The molecule has 1 aromatic carbocycles. The molecular weight excluding hydrogens is 470 g/mol. The number of aliphatic hydroxyl groups is 4. The molecule has 0 saturated heterocycles. The minimum absolute atomic E-state index is 0.0297. The van der Waals surface area contributed by atoms with Gasteiger partial charge in [0.15, 0.2) is 11.4 Å². The lowest BCUT2D eigenvalue weighted by molar-refractivity contribution is -0.153. The molecule has 4 rings (SSSR count). The number of likely N-dealkylation sites (N-methyl/N-ethyl adjacent to an activating group) is 1. The van der Waals surface area contributed by atoms with E-state index in [0.29, 0.717) is 18.7 Å². The van der Waals surface area contributed by atoms with E-state index in [1.807, 2.05) is 0 Å². The molecule has 1 aromatic rings. The number of amides is 1. The van der Waals surface area contributed by atoms with E-state index in [4.69, 9.17) is 5.73 Å². The van der Waals surface area contributed by atoms with Crippen LogP contribution in [0.15, 0.2) is 29.0 Å². The Bertz CT molecular complexity index is 1220. The van der Waals surface area contributed by atoms with Gasteiger partial charge in [0.1, 0.15) is 22.8 Å². The van der Waals surface area contributed by atoms with Crippen LogP contribution < -0.4 is 11.1 Å². The van der Waals surface area contributed by atoms with Gasteiger partial charge < -0.3 is 36.6 Å². The minimum Gasteiger partial charge on any atom is -0.508 e. The first-order valence-electron chi connectivity index (χ1n) is 11.7. The molecule has 3 aliphatic rings. The first-order chi connectivity index (χ1) is 16.8. The summed E-state index contributed by atoms with van der Waals surface area (Å²) in [5.74, 6) is -6.76. The molecule has 0 aliphatic heterocycles. The van der Waals surface area contributed by atoms with Crippen molar-refractivity contribution in [2.24, 2.45) is 17.6 Å². The number of nitrogens with one attached hydrogen (secondary N) is 1. The van der Waals surface area contributed by atoms with Crippen LogP contribution >= 0.6 is 0 Å². The first kappa shape index (κ1) is 25.8. The predicted molar refractivity (Wildman–Crippen MR) is 128 cm³/mol. The Kier molecular flexibility index (Phi) is 6.46. The van der Waals surface area contributed by atoms with Crippen LogP contribution in [0.2, 0.25) is 0 Å². The van der Waals surface area contributed by atoms with Crippen molar-refractivity contribution >= 4 is 23.2 Å². The molecule has 0 spiro atoms. The molecule has 8 N–H and O–H groups in total. The Morgan fingerprint density at radius 1 is 1.25 bits per heavy atom. The number of phenolic OH excluding ortho intramolecular Hbond substituents is 1. The van der Waals surface area contributed by atoms with Crippen molar-refractivity contribution in [1.29, 1.82) is 0 Å². The summed E-state index contributed by atoms with van der Waals surface area (Å²) in [5, 5.41) is 56.8. The number of nitrogens with two attached hydrogens (primary N) is 1. The van der Waals surface area contributed by atoms with Gasteiger partial charge in [-0.25, -0.2) is 0 Å². The minimum atomic E-state index is -2.66. The molecule has 36 heavy (non-hydrogen) atoms. The van der Waals surface area contributed by atoms with Gasteiger partial charge in [-0.15, -0.1) is 0 Å². The van der Waals surface area contributed by atoms with E-state index >= 15 is 0 Å². The largest absolute Gasteiger partial charge is 0.508 e. The number of aromatic hydroxyl groups is 1. The molecule has 1 saturated carbocycles. The topological polar surface area (TPSA) is 194 Å². The summed E-state index contributed by atoms with van der Waals surface area (Å²) in [6.45, 7) is 2.28. The highest BCUT2D eigenvalue weighted by molar-refractivity contribution is 6.24. The van der Waals surface area contributed by atoms with E-state index in [1.54, 1.807) is 27.1 Å². The average Bonchev–Trinajstić information content (AvgIpc) is 2.77. The number of carbonyl (C=O) groups is 3. The van der Waals surface area contributed by atoms with Crippen molar-refractivity contribution in [1.82, 2.24) is 10.2 Å². The summed E-state index contributed by atoms with van der Waals surface area (Å²) in [6, 6.07) is 1.94. The maximum atomic E-state index is 13.8. The highest BCUT2D eigenvalue weighted by Crippen LogP contribution is 2.52. The molecule has 3 aliphatic carbocycles. The van der Waals surface area contributed by atoms with Gasteiger partial charge in [-0.2, -0.15) is 0 Å². The van der Waals surface area contributed by atoms with E-state index in [9.17, 15) is 39.9 Å². The van der Waals surface area contributed by atoms with Crippen molar-refractivity contribution in [2.75, 3.05) is 20.6 Å². The van der Waals surface area contributed by atoms with Gasteiger partial charge in [0.25, 0.3) is 5.91 Å². The Balaban J connectivity index is 1.88. The van der Waals surface area contributed by atoms with Crippen molar-refractivity contribution in [3.63, 3.8) is 0 Å². The number of benzene rings is 1. The molecule has 0 aromatic heterocycles. The molecule has 11 heteroatoms. The number of primary amides is 1. The lowest BCUT2D eigenvalue weighted by Crippen LogP contribution is -2.65. The summed E-state index contributed by atoms with van der Waals surface area (Å²) < 4.78 is 0. The Hall–Kier alpha value is -3.25. The third-order valence-corrected chi connectivity index (χ3v) is 7.46. The lowest BCUT2D eigenvalue weighted by Gasteiger charge is -2.50. The monoisotopic (exact) mass is 501 g/mol. The number of Topliss-reactive ketones (excluding diaryl/α,β-unsaturated/α-hetero) is 2. The number of hydrogen-bond donors (Lipinski definition) is 7. The second kappa shape index (κ2) is 9.00. The number of ketones is 2. The Morgan fingerprint density at radius 3 is 2.50 bits per heavy atom. The van der Waals surface area contributed by atoms with Crippen molar-refractivity contribution < 1.29 is 39.9 Å². The SMILES string of the molecule is CC(O)CNCc1ccc(O)c2c1C[C@H]1C[C@H]3[C@@H](N(C)C)C(=O)C(C(N)=O)=C(O)[C@@]3(O)C(=O)C1=C2O. The zero-order valence-corrected chi connectivity index (χ0v) is 20.3. The molecule has 1 unspecified atom stereocenters. The van der Waals surface area contributed by atoms with Gasteiger partial charge >= 0.3 is 0 Å². The second-order valence-electron chi connectivity index (χ2n) is 10.0. The van der Waals surface area contributed by atoms with Crippen LogP contribution in [-0.4, -0.2) is 86.3 Å². The van der Waals surface area contributed by atoms with Crippen LogP contribution in [0.4, 0.5) is 0 Å². The average molecular weight is 502 g/mol.